The highest BCUT2D eigenvalue weighted by molar-refractivity contribution is 5.94. The van der Waals surface area contributed by atoms with Gasteiger partial charge in [-0.1, -0.05) is 68.8 Å². The van der Waals surface area contributed by atoms with Crippen molar-refractivity contribution in [1.29, 1.82) is 0 Å². The molecule has 4 rings (SSSR count). The molecule has 0 amide bonds. The molecule has 0 bridgehead atoms. The van der Waals surface area contributed by atoms with E-state index in [0.29, 0.717) is 12.0 Å². The topological polar surface area (TPSA) is 44.3 Å². The fraction of sp³-hybridized carbons (Fsp3) is 0.419. The van der Waals surface area contributed by atoms with Crippen molar-refractivity contribution < 1.29 is 0 Å². The second kappa shape index (κ2) is 13.1. The summed E-state index contributed by atoms with van der Waals surface area (Å²) >= 11 is 0. The number of rotatable bonds is 6. The van der Waals surface area contributed by atoms with Gasteiger partial charge in [-0.15, -0.1) is 0 Å². The van der Waals surface area contributed by atoms with Crippen LogP contribution in [0.3, 0.4) is 0 Å². The zero-order valence-corrected chi connectivity index (χ0v) is 23.1. The van der Waals surface area contributed by atoms with Crippen LogP contribution in [-0.2, 0) is 0 Å². The summed E-state index contributed by atoms with van der Waals surface area (Å²) in [5.74, 6) is 2.78. The number of anilines is 2. The molecule has 0 saturated carbocycles. The normalized spacial score (nSPS) is 16.0. The van der Waals surface area contributed by atoms with Gasteiger partial charge in [-0.05, 0) is 57.6 Å². The van der Waals surface area contributed by atoms with E-state index in [2.05, 4.69) is 121 Å². The predicted octanol–water partition coefficient (Wildman–Crippen LogP) is 7.42. The fourth-order valence-electron chi connectivity index (χ4n) is 4.50. The maximum Gasteiger partial charge on any atom is 0.134 e. The van der Waals surface area contributed by atoms with Gasteiger partial charge in [0, 0.05) is 42.5 Å². The van der Waals surface area contributed by atoms with Crippen molar-refractivity contribution in [3.8, 4) is 0 Å². The third kappa shape index (κ3) is 6.87. The van der Waals surface area contributed by atoms with Crippen LogP contribution in [0.2, 0.25) is 0 Å². The van der Waals surface area contributed by atoms with Gasteiger partial charge in [-0.25, -0.2) is 9.97 Å². The number of hydrogen-bond acceptors (Lipinski definition) is 5. The molecule has 1 fully saturated rings. The molecule has 5 nitrogen and oxygen atoms in total. The number of nitrogens with one attached hydrogen (secondary N) is 1. The minimum absolute atomic E-state index is 0.392. The lowest BCUT2D eigenvalue weighted by Crippen LogP contribution is -2.56. The molecular formula is C31H43N5. The summed E-state index contributed by atoms with van der Waals surface area (Å²) < 4.78 is 0. The van der Waals surface area contributed by atoms with Crippen molar-refractivity contribution >= 4 is 22.3 Å². The molecule has 36 heavy (non-hydrogen) atoms. The summed E-state index contributed by atoms with van der Waals surface area (Å²) in [5, 5.41) is 6.30. The number of aryl methyl sites for hydroxylation is 1. The van der Waals surface area contributed by atoms with Gasteiger partial charge in [-0.2, -0.15) is 0 Å². The Balaban J connectivity index is 0.000000658. The van der Waals surface area contributed by atoms with Crippen LogP contribution in [-0.4, -0.2) is 40.5 Å². The van der Waals surface area contributed by atoms with Gasteiger partial charge in [0.05, 0.1) is 6.04 Å². The first-order valence-electron chi connectivity index (χ1n) is 13.2. The number of fused-ring (bicyclic) bond motifs is 1. The maximum absolute atomic E-state index is 4.57. The smallest absolute Gasteiger partial charge is 0.134 e. The molecule has 1 N–H and O–H groups in total. The number of piperazine rings is 1. The van der Waals surface area contributed by atoms with Crippen LogP contribution in [0.1, 0.15) is 53.5 Å². The van der Waals surface area contributed by atoms with E-state index in [1.807, 2.05) is 13.1 Å². The van der Waals surface area contributed by atoms with E-state index < -0.39 is 0 Å². The molecule has 3 aromatic rings. The van der Waals surface area contributed by atoms with E-state index in [-0.39, 0.29) is 0 Å². The van der Waals surface area contributed by atoms with Gasteiger partial charge in [-0.3, -0.25) is 0 Å². The third-order valence-corrected chi connectivity index (χ3v) is 6.69. The molecule has 0 aliphatic carbocycles. The van der Waals surface area contributed by atoms with E-state index >= 15 is 0 Å². The van der Waals surface area contributed by atoms with Crippen molar-refractivity contribution in [2.24, 2.45) is 5.92 Å². The molecule has 1 atom stereocenters. The van der Waals surface area contributed by atoms with Crippen LogP contribution >= 0.6 is 0 Å². The molecule has 1 saturated heterocycles. The average molecular weight is 486 g/mol. The SMILES string of the molecule is CC=C(C)C.CCC=C(Nc1cccc2ccccc12)N1CCN(c2ncncc2C)CC1C(C)C. The third-order valence-electron chi connectivity index (χ3n) is 6.69. The molecule has 0 spiro atoms. The van der Waals surface area contributed by atoms with Gasteiger partial charge in [0.2, 0.25) is 0 Å². The van der Waals surface area contributed by atoms with E-state index in [4.69, 9.17) is 0 Å². The number of hydrogen-bond donors (Lipinski definition) is 1. The Labute approximate surface area is 218 Å². The second-order valence-electron chi connectivity index (χ2n) is 10.00. The molecule has 5 heteroatoms. The minimum Gasteiger partial charge on any atom is -0.352 e. The van der Waals surface area contributed by atoms with Crippen LogP contribution in [0.5, 0.6) is 0 Å². The number of benzene rings is 2. The van der Waals surface area contributed by atoms with Gasteiger partial charge >= 0.3 is 0 Å². The van der Waals surface area contributed by atoms with Crippen molar-refractivity contribution in [3.63, 3.8) is 0 Å². The molecule has 0 radical (unpaired) electrons. The first-order chi connectivity index (χ1) is 17.3. The zero-order chi connectivity index (χ0) is 26.1. The number of aromatic nitrogens is 2. The standard InChI is InChI=1S/C26H33N5.C5H10/c1-5-9-25(29-23-13-8-11-21-10-6-7-12-22(21)23)31-15-14-30(17-24(31)19(2)3)26-20(4)16-27-18-28-26;1-4-5(2)3/h6-13,16,18-19,24,29H,5,14-15,17H2,1-4H3;4H,1-3H3. The minimum atomic E-state index is 0.392. The Bertz CT molecular complexity index is 1170. The maximum atomic E-state index is 4.57. The highest BCUT2D eigenvalue weighted by atomic mass is 15.4. The van der Waals surface area contributed by atoms with Crippen molar-refractivity contribution in [2.75, 3.05) is 29.9 Å². The summed E-state index contributed by atoms with van der Waals surface area (Å²) in [6, 6.07) is 15.4. The van der Waals surface area contributed by atoms with E-state index in [9.17, 15) is 0 Å². The Hall–Kier alpha value is -3.34. The van der Waals surface area contributed by atoms with Crippen LogP contribution in [0, 0.1) is 12.8 Å². The molecule has 2 heterocycles. The van der Waals surface area contributed by atoms with Crippen LogP contribution in [0.15, 0.2) is 78.5 Å². The lowest BCUT2D eigenvalue weighted by molar-refractivity contribution is 0.182. The number of nitrogens with zero attached hydrogens (tertiary/aromatic N) is 4. The molecule has 1 aliphatic heterocycles. The van der Waals surface area contributed by atoms with Crippen LogP contribution in [0.4, 0.5) is 11.5 Å². The monoisotopic (exact) mass is 485 g/mol. The van der Waals surface area contributed by atoms with Crippen molar-refractivity contribution in [3.05, 3.63) is 84.1 Å². The van der Waals surface area contributed by atoms with E-state index in [0.717, 1.165) is 43.1 Å². The van der Waals surface area contributed by atoms with Crippen molar-refractivity contribution in [2.45, 2.75) is 60.9 Å². The molecule has 2 aromatic carbocycles. The molecule has 1 aromatic heterocycles. The lowest BCUT2D eigenvalue weighted by atomic mass is 9.99. The Kier molecular flexibility index (Phi) is 9.92. The van der Waals surface area contributed by atoms with Crippen LogP contribution in [0.25, 0.3) is 10.8 Å². The lowest BCUT2D eigenvalue weighted by Gasteiger charge is -2.46. The Morgan fingerprint density at radius 2 is 1.83 bits per heavy atom. The molecular weight excluding hydrogens is 442 g/mol. The molecule has 1 unspecified atom stereocenters. The predicted molar refractivity (Wildman–Crippen MR) is 155 cm³/mol. The highest BCUT2D eigenvalue weighted by Crippen LogP contribution is 2.29. The molecule has 1 aliphatic rings. The summed E-state index contributed by atoms with van der Waals surface area (Å²) in [6.07, 6.45) is 8.96. The summed E-state index contributed by atoms with van der Waals surface area (Å²) in [7, 11) is 0. The Morgan fingerprint density at radius 3 is 2.50 bits per heavy atom. The first-order valence-corrected chi connectivity index (χ1v) is 13.2. The van der Waals surface area contributed by atoms with E-state index in [1.54, 1.807) is 6.33 Å². The summed E-state index contributed by atoms with van der Waals surface area (Å²) in [4.78, 5) is 13.7. The second-order valence-corrected chi connectivity index (χ2v) is 10.00. The van der Waals surface area contributed by atoms with E-state index in [1.165, 1.54) is 22.2 Å². The summed E-state index contributed by atoms with van der Waals surface area (Å²) in [6.45, 7) is 18.0. The quantitative estimate of drug-likeness (QED) is 0.368. The van der Waals surface area contributed by atoms with Crippen LogP contribution < -0.4 is 10.2 Å². The molecule has 192 valence electrons. The van der Waals surface area contributed by atoms with Crippen molar-refractivity contribution in [1.82, 2.24) is 14.9 Å². The Morgan fingerprint density at radius 1 is 1.11 bits per heavy atom. The fourth-order valence-corrected chi connectivity index (χ4v) is 4.50. The average Bonchev–Trinajstić information content (AvgIpc) is 2.89. The van der Waals surface area contributed by atoms with Gasteiger partial charge < -0.3 is 15.1 Å². The largest absolute Gasteiger partial charge is 0.352 e. The van der Waals surface area contributed by atoms with Gasteiger partial charge in [0.25, 0.3) is 0 Å². The highest BCUT2D eigenvalue weighted by Gasteiger charge is 2.31. The van der Waals surface area contributed by atoms with Gasteiger partial charge in [0.15, 0.2) is 0 Å². The first kappa shape index (κ1) is 27.3. The number of allylic oxidation sites excluding steroid dienone is 3. The summed E-state index contributed by atoms with van der Waals surface area (Å²) in [5.41, 5.74) is 3.68. The zero-order valence-electron chi connectivity index (χ0n) is 23.1. The van der Waals surface area contributed by atoms with Gasteiger partial charge in [0.1, 0.15) is 18.0 Å².